The highest BCUT2D eigenvalue weighted by Gasteiger charge is 2.31. The molecule has 1 saturated carbocycles. The molecule has 4 nitrogen and oxygen atoms in total. The summed E-state index contributed by atoms with van der Waals surface area (Å²) < 4.78 is 11.0. The number of carbonyl (C=O) groups is 1. The van der Waals surface area contributed by atoms with Crippen molar-refractivity contribution in [2.45, 2.75) is 58.2 Å². The molecule has 1 aliphatic carbocycles. The smallest absolute Gasteiger partial charge is 0.335 e. The normalized spacial score (nSPS) is 25.8. The van der Waals surface area contributed by atoms with E-state index in [9.17, 15) is 4.79 Å². The molecule has 3 unspecified atom stereocenters. The number of ether oxygens (including phenoxy) is 2. The van der Waals surface area contributed by atoms with Crippen molar-refractivity contribution in [1.29, 1.82) is 0 Å². The van der Waals surface area contributed by atoms with Crippen molar-refractivity contribution in [1.82, 2.24) is 0 Å². The molecule has 0 aromatic carbocycles. The Morgan fingerprint density at radius 2 is 2.18 bits per heavy atom. The van der Waals surface area contributed by atoms with Crippen LogP contribution in [0.1, 0.15) is 46.0 Å². The van der Waals surface area contributed by atoms with E-state index in [1.807, 2.05) is 13.8 Å². The van der Waals surface area contributed by atoms with Gasteiger partial charge >= 0.3 is 5.97 Å². The van der Waals surface area contributed by atoms with Crippen molar-refractivity contribution in [2.75, 3.05) is 13.2 Å². The van der Waals surface area contributed by atoms with Gasteiger partial charge in [-0.1, -0.05) is 19.8 Å². The largest absolute Gasteiger partial charge is 0.464 e. The Morgan fingerprint density at radius 3 is 2.76 bits per heavy atom. The van der Waals surface area contributed by atoms with Gasteiger partial charge < -0.3 is 15.2 Å². The first-order chi connectivity index (χ1) is 8.22. The first-order valence-electron chi connectivity index (χ1n) is 6.75. The molecule has 0 aliphatic heterocycles. The average Bonchev–Trinajstić information content (AvgIpc) is 2.76. The van der Waals surface area contributed by atoms with Crippen LogP contribution in [-0.2, 0) is 14.3 Å². The third-order valence-corrected chi connectivity index (χ3v) is 3.33. The molecule has 1 rings (SSSR count). The number of carbonyl (C=O) groups excluding carboxylic acids is 1. The first kappa shape index (κ1) is 14.5. The van der Waals surface area contributed by atoms with E-state index < -0.39 is 6.10 Å². The molecule has 0 amide bonds. The highest BCUT2D eigenvalue weighted by atomic mass is 16.6. The van der Waals surface area contributed by atoms with Gasteiger partial charge in [0.15, 0.2) is 6.10 Å². The van der Waals surface area contributed by atoms with E-state index in [-0.39, 0.29) is 12.1 Å². The molecule has 1 aliphatic rings. The Balaban J connectivity index is 2.50. The molecule has 3 atom stereocenters. The van der Waals surface area contributed by atoms with Crippen molar-refractivity contribution >= 4 is 5.97 Å². The van der Waals surface area contributed by atoms with Crippen molar-refractivity contribution in [3.63, 3.8) is 0 Å². The molecule has 0 saturated heterocycles. The molecule has 0 radical (unpaired) electrons. The van der Waals surface area contributed by atoms with Crippen molar-refractivity contribution in [3.8, 4) is 0 Å². The van der Waals surface area contributed by atoms with Gasteiger partial charge in [0.05, 0.1) is 12.7 Å². The third-order valence-electron chi connectivity index (χ3n) is 3.33. The van der Waals surface area contributed by atoms with Gasteiger partial charge in [0.2, 0.25) is 0 Å². The number of nitrogens with two attached hydrogens (primary N) is 1. The van der Waals surface area contributed by atoms with Crippen LogP contribution in [0.2, 0.25) is 0 Å². The topological polar surface area (TPSA) is 61.5 Å². The maximum Gasteiger partial charge on any atom is 0.335 e. The maximum atomic E-state index is 11.7. The zero-order valence-corrected chi connectivity index (χ0v) is 11.0. The highest BCUT2D eigenvalue weighted by molar-refractivity contribution is 5.74. The van der Waals surface area contributed by atoms with Gasteiger partial charge in [0, 0.05) is 0 Å². The molecule has 17 heavy (non-hydrogen) atoms. The predicted molar refractivity (Wildman–Crippen MR) is 66.6 cm³/mol. The number of hydrogen-bond donors (Lipinski definition) is 1. The van der Waals surface area contributed by atoms with Gasteiger partial charge in [0.1, 0.15) is 0 Å². The van der Waals surface area contributed by atoms with E-state index in [2.05, 4.69) is 0 Å². The predicted octanol–water partition coefficient (Wildman–Crippen LogP) is 1.86. The maximum absolute atomic E-state index is 11.7. The number of esters is 1. The molecule has 1 fully saturated rings. The molecule has 4 heteroatoms. The van der Waals surface area contributed by atoms with E-state index in [4.69, 9.17) is 15.2 Å². The molecule has 0 aromatic heterocycles. The van der Waals surface area contributed by atoms with Crippen molar-refractivity contribution in [2.24, 2.45) is 11.7 Å². The lowest BCUT2D eigenvalue weighted by atomic mass is 10.1. The summed E-state index contributed by atoms with van der Waals surface area (Å²) in [7, 11) is 0. The Labute approximate surface area is 104 Å². The molecule has 2 N–H and O–H groups in total. The summed E-state index contributed by atoms with van der Waals surface area (Å²) in [6.45, 7) is 4.92. The van der Waals surface area contributed by atoms with Gasteiger partial charge in [-0.05, 0) is 38.6 Å². The summed E-state index contributed by atoms with van der Waals surface area (Å²) in [6, 6.07) is 0. The third kappa shape index (κ3) is 4.28. The summed E-state index contributed by atoms with van der Waals surface area (Å²) in [4.78, 5) is 11.7. The van der Waals surface area contributed by atoms with Crippen LogP contribution in [0.3, 0.4) is 0 Å². The van der Waals surface area contributed by atoms with Crippen LogP contribution in [0.25, 0.3) is 0 Å². The van der Waals surface area contributed by atoms with Crippen LogP contribution in [0.4, 0.5) is 0 Å². The van der Waals surface area contributed by atoms with Gasteiger partial charge in [-0.2, -0.15) is 0 Å². The SMILES string of the molecule is CCCC(OC1CCCC1CN)C(=O)OCC. The standard InChI is InChI=1S/C13H25NO3/c1-3-6-12(13(15)16-4-2)17-11-8-5-7-10(11)9-14/h10-12H,3-9,14H2,1-2H3. The number of hydrogen-bond acceptors (Lipinski definition) is 4. The minimum atomic E-state index is -0.405. The van der Waals surface area contributed by atoms with Gasteiger partial charge in [0.25, 0.3) is 0 Å². The van der Waals surface area contributed by atoms with Crippen LogP contribution in [-0.4, -0.2) is 31.3 Å². The molecule has 0 heterocycles. The second kappa shape index (κ2) is 7.67. The van der Waals surface area contributed by atoms with Crippen molar-refractivity contribution in [3.05, 3.63) is 0 Å². The van der Waals surface area contributed by atoms with Gasteiger partial charge in [-0.15, -0.1) is 0 Å². The average molecular weight is 243 g/mol. The molecule has 0 spiro atoms. The summed E-state index contributed by atoms with van der Waals surface area (Å²) in [5, 5.41) is 0. The van der Waals surface area contributed by atoms with Crippen LogP contribution in [0.5, 0.6) is 0 Å². The van der Waals surface area contributed by atoms with E-state index >= 15 is 0 Å². The summed E-state index contributed by atoms with van der Waals surface area (Å²) in [5.74, 6) is 0.181. The molecular weight excluding hydrogens is 218 g/mol. The minimum absolute atomic E-state index is 0.140. The summed E-state index contributed by atoms with van der Waals surface area (Å²) in [6.07, 6.45) is 4.66. The zero-order chi connectivity index (χ0) is 12.7. The Hall–Kier alpha value is -0.610. The van der Waals surface area contributed by atoms with Crippen LogP contribution >= 0.6 is 0 Å². The second-order valence-electron chi connectivity index (χ2n) is 4.63. The lowest BCUT2D eigenvalue weighted by Gasteiger charge is -2.24. The monoisotopic (exact) mass is 243 g/mol. The lowest BCUT2D eigenvalue weighted by molar-refractivity contribution is -0.162. The summed E-state index contributed by atoms with van der Waals surface area (Å²) >= 11 is 0. The fourth-order valence-corrected chi connectivity index (χ4v) is 2.40. The first-order valence-corrected chi connectivity index (χ1v) is 6.75. The molecule has 0 aromatic rings. The van der Waals surface area contributed by atoms with Crippen LogP contribution in [0, 0.1) is 5.92 Å². The zero-order valence-electron chi connectivity index (χ0n) is 11.0. The Kier molecular flexibility index (Phi) is 6.52. The quantitative estimate of drug-likeness (QED) is 0.693. The lowest BCUT2D eigenvalue weighted by Crippen LogP contribution is -2.34. The summed E-state index contributed by atoms with van der Waals surface area (Å²) in [5.41, 5.74) is 5.71. The van der Waals surface area contributed by atoms with E-state index in [1.54, 1.807) is 0 Å². The Morgan fingerprint density at radius 1 is 1.41 bits per heavy atom. The second-order valence-corrected chi connectivity index (χ2v) is 4.63. The minimum Gasteiger partial charge on any atom is -0.464 e. The molecular formula is C13H25NO3. The van der Waals surface area contributed by atoms with E-state index in [0.717, 1.165) is 32.1 Å². The van der Waals surface area contributed by atoms with Crippen molar-refractivity contribution < 1.29 is 14.3 Å². The van der Waals surface area contributed by atoms with Gasteiger partial charge in [-0.25, -0.2) is 4.79 Å². The molecule has 0 bridgehead atoms. The van der Waals surface area contributed by atoms with Crippen LogP contribution in [0.15, 0.2) is 0 Å². The highest BCUT2D eigenvalue weighted by Crippen LogP contribution is 2.29. The number of rotatable bonds is 7. The fourth-order valence-electron chi connectivity index (χ4n) is 2.40. The van der Waals surface area contributed by atoms with E-state index in [0.29, 0.717) is 19.1 Å². The Bertz CT molecular complexity index is 233. The van der Waals surface area contributed by atoms with Gasteiger partial charge in [-0.3, -0.25) is 0 Å². The fraction of sp³-hybridized carbons (Fsp3) is 0.923. The van der Waals surface area contributed by atoms with E-state index in [1.165, 1.54) is 0 Å². The molecule has 100 valence electrons. The van der Waals surface area contributed by atoms with Crippen LogP contribution < -0.4 is 5.73 Å².